The lowest BCUT2D eigenvalue weighted by atomic mass is 9.87. The molecule has 0 spiro atoms. The molecule has 0 bridgehead atoms. The fourth-order valence-electron chi connectivity index (χ4n) is 2.52. The molecule has 1 atom stereocenters. The van der Waals surface area contributed by atoms with Crippen molar-refractivity contribution in [2.45, 2.75) is 24.9 Å². The second kappa shape index (κ2) is 5.15. The van der Waals surface area contributed by atoms with Crippen molar-refractivity contribution in [2.75, 3.05) is 20.1 Å². The summed E-state index contributed by atoms with van der Waals surface area (Å²) in [4.78, 5) is 2.15. The highest BCUT2D eigenvalue weighted by Crippen LogP contribution is 2.31. The van der Waals surface area contributed by atoms with E-state index in [4.69, 9.17) is 23.2 Å². The first-order chi connectivity index (χ1) is 8.00. The van der Waals surface area contributed by atoms with Crippen molar-refractivity contribution in [1.29, 1.82) is 0 Å². The Morgan fingerprint density at radius 2 is 2.18 bits per heavy atom. The van der Waals surface area contributed by atoms with Crippen LogP contribution in [-0.4, -0.2) is 35.7 Å². The summed E-state index contributed by atoms with van der Waals surface area (Å²) in [6, 6.07) is 5.57. The average Bonchev–Trinajstić information content (AvgIpc) is 2.24. The molecule has 0 saturated carbocycles. The summed E-state index contributed by atoms with van der Waals surface area (Å²) in [6.45, 7) is 1.74. The Balaban J connectivity index is 2.17. The molecule has 1 unspecified atom stereocenters. The molecule has 2 rings (SSSR count). The Morgan fingerprint density at radius 1 is 1.41 bits per heavy atom. The van der Waals surface area contributed by atoms with Crippen LogP contribution in [0.3, 0.4) is 0 Å². The van der Waals surface area contributed by atoms with Gasteiger partial charge in [0.25, 0.3) is 0 Å². The van der Waals surface area contributed by atoms with Crippen LogP contribution in [0.25, 0.3) is 0 Å². The molecule has 0 aromatic heterocycles. The smallest absolute Gasteiger partial charge is 0.0815 e. The average molecular weight is 274 g/mol. The molecule has 1 aliphatic rings. The number of hydrogen-bond donors (Lipinski definition) is 1. The van der Waals surface area contributed by atoms with Gasteiger partial charge < -0.3 is 10.0 Å². The van der Waals surface area contributed by atoms with E-state index in [1.54, 1.807) is 6.07 Å². The molecule has 1 aromatic carbocycles. The Morgan fingerprint density at radius 3 is 2.88 bits per heavy atom. The zero-order chi connectivity index (χ0) is 12.5. The van der Waals surface area contributed by atoms with Gasteiger partial charge in [-0.05, 0) is 38.1 Å². The Labute approximate surface area is 112 Å². The predicted octanol–water partition coefficient (Wildman–Crippen LogP) is 2.99. The van der Waals surface area contributed by atoms with Crippen LogP contribution < -0.4 is 0 Å². The number of likely N-dealkylation sites (N-methyl/N-ethyl adjacent to an activating group) is 1. The third-order valence-corrected chi connectivity index (χ3v) is 4.16. The van der Waals surface area contributed by atoms with Crippen LogP contribution in [0.4, 0.5) is 0 Å². The van der Waals surface area contributed by atoms with E-state index >= 15 is 0 Å². The molecule has 0 amide bonds. The van der Waals surface area contributed by atoms with Gasteiger partial charge in [0.05, 0.1) is 15.6 Å². The molecule has 1 N–H and O–H groups in total. The van der Waals surface area contributed by atoms with Crippen LogP contribution in [0.1, 0.15) is 18.4 Å². The standard InChI is InChI=1S/C13H17Cl2NO/c1-16-7-3-6-13(17,9-16)8-10-4-2-5-11(14)12(10)15/h2,4-5,17H,3,6-9H2,1H3. The number of β-amino-alcohol motifs (C(OH)–C–C–N with tert-alkyl or cyclic N) is 1. The van der Waals surface area contributed by atoms with E-state index in [0.717, 1.165) is 24.9 Å². The molecular formula is C13H17Cl2NO. The number of rotatable bonds is 2. The minimum atomic E-state index is -0.679. The number of nitrogens with zero attached hydrogens (tertiary/aromatic N) is 1. The lowest BCUT2D eigenvalue weighted by Crippen LogP contribution is -2.47. The van der Waals surface area contributed by atoms with Crippen molar-refractivity contribution in [3.05, 3.63) is 33.8 Å². The van der Waals surface area contributed by atoms with Gasteiger partial charge in [-0.15, -0.1) is 0 Å². The van der Waals surface area contributed by atoms with Gasteiger partial charge >= 0.3 is 0 Å². The van der Waals surface area contributed by atoms with Crippen LogP contribution in [0, 0.1) is 0 Å². The van der Waals surface area contributed by atoms with Gasteiger partial charge in [-0.3, -0.25) is 0 Å². The van der Waals surface area contributed by atoms with Crippen LogP contribution in [-0.2, 0) is 6.42 Å². The number of aliphatic hydroxyl groups is 1. The highest BCUT2D eigenvalue weighted by atomic mass is 35.5. The van der Waals surface area contributed by atoms with E-state index in [-0.39, 0.29) is 0 Å². The van der Waals surface area contributed by atoms with Crippen LogP contribution in [0.15, 0.2) is 18.2 Å². The number of halogens is 2. The molecule has 4 heteroatoms. The van der Waals surface area contributed by atoms with Gasteiger partial charge in [-0.2, -0.15) is 0 Å². The monoisotopic (exact) mass is 273 g/mol. The SMILES string of the molecule is CN1CCCC(O)(Cc2cccc(Cl)c2Cl)C1. The van der Waals surface area contributed by atoms with E-state index in [1.807, 2.05) is 19.2 Å². The molecule has 17 heavy (non-hydrogen) atoms. The van der Waals surface area contributed by atoms with Gasteiger partial charge in [0.15, 0.2) is 0 Å². The maximum absolute atomic E-state index is 10.6. The molecule has 1 aliphatic heterocycles. The maximum Gasteiger partial charge on any atom is 0.0815 e. The van der Waals surface area contributed by atoms with Crippen molar-refractivity contribution in [2.24, 2.45) is 0 Å². The lowest BCUT2D eigenvalue weighted by molar-refractivity contribution is -0.0223. The van der Waals surface area contributed by atoms with E-state index in [0.29, 0.717) is 23.0 Å². The number of likely N-dealkylation sites (tertiary alicyclic amines) is 1. The van der Waals surface area contributed by atoms with E-state index in [1.165, 1.54) is 0 Å². The molecular weight excluding hydrogens is 257 g/mol. The van der Waals surface area contributed by atoms with Crippen molar-refractivity contribution >= 4 is 23.2 Å². The van der Waals surface area contributed by atoms with Crippen molar-refractivity contribution < 1.29 is 5.11 Å². The molecule has 0 radical (unpaired) electrons. The number of piperidine rings is 1. The largest absolute Gasteiger partial charge is 0.388 e. The minimum Gasteiger partial charge on any atom is -0.388 e. The minimum absolute atomic E-state index is 0.553. The van der Waals surface area contributed by atoms with Gasteiger partial charge in [0, 0.05) is 13.0 Å². The van der Waals surface area contributed by atoms with Crippen LogP contribution >= 0.6 is 23.2 Å². The second-order valence-corrected chi connectivity index (χ2v) is 5.74. The molecule has 1 saturated heterocycles. The molecule has 2 nitrogen and oxygen atoms in total. The number of hydrogen-bond acceptors (Lipinski definition) is 2. The molecule has 1 aromatic rings. The highest BCUT2D eigenvalue weighted by molar-refractivity contribution is 6.42. The molecule has 0 aliphatic carbocycles. The summed E-state index contributed by atoms with van der Waals surface area (Å²) in [6.07, 6.45) is 2.40. The van der Waals surface area contributed by atoms with Crippen molar-refractivity contribution in [1.82, 2.24) is 4.90 Å². The lowest BCUT2D eigenvalue weighted by Gasteiger charge is -2.37. The third kappa shape index (κ3) is 3.14. The fourth-order valence-corrected chi connectivity index (χ4v) is 2.91. The normalized spacial score (nSPS) is 26.1. The Kier molecular flexibility index (Phi) is 3.99. The van der Waals surface area contributed by atoms with Crippen LogP contribution in [0.2, 0.25) is 10.0 Å². The first kappa shape index (κ1) is 13.2. The van der Waals surface area contributed by atoms with Gasteiger partial charge in [0.1, 0.15) is 0 Å². The van der Waals surface area contributed by atoms with Gasteiger partial charge in [0.2, 0.25) is 0 Å². The van der Waals surface area contributed by atoms with E-state index in [2.05, 4.69) is 4.90 Å². The molecule has 1 fully saturated rings. The van der Waals surface area contributed by atoms with Crippen LogP contribution in [0.5, 0.6) is 0 Å². The summed E-state index contributed by atoms with van der Waals surface area (Å²) in [7, 11) is 2.03. The quantitative estimate of drug-likeness (QED) is 0.896. The zero-order valence-corrected chi connectivity index (χ0v) is 11.4. The van der Waals surface area contributed by atoms with Gasteiger partial charge in [-0.25, -0.2) is 0 Å². The summed E-state index contributed by atoms with van der Waals surface area (Å²) in [5, 5.41) is 11.7. The fraction of sp³-hybridized carbons (Fsp3) is 0.538. The molecule has 94 valence electrons. The first-order valence-electron chi connectivity index (χ1n) is 5.84. The topological polar surface area (TPSA) is 23.5 Å². The molecule has 1 heterocycles. The predicted molar refractivity (Wildman–Crippen MR) is 71.8 cm³/mol. The summed E-state index contributed by atoms with van der Waals surface area (Å²) >= 11 is 12.1. The van der Waals surface area contributed by atoms with Crippen molar-refractivity contribution in [3.63, 3.8) is 0 Å². The Bertz CT molecular complexity index is 410. The van der Waals surface area contributed by atoms with Gasteiger partial charge in [-0.1, -0.05) is 35.3 Å². The maximum atomic E-state index is 10.6. The van der Waals surface area contributed by atoms with E-state index < -0.39 is 5.60 Å². The highest BCUT2D eigenvalue weighted by Gasteiger charge is 2.32. The summed E-state index contributed by atoms with van der Waals surface area (Å²) in [5.41, 5.74) is 0.249. The zero-order valence-electron chi connectivity index (χ0n) is 9.92. The van der Waals surface area contributed by atoms with Crippen molar-refractivity contribution in [3.8, 4) is 0 Å². The summed E-state index contributed by atoms with van der Waals surface area (Å²) in [5.74, 6) is 0. The van der Waals surface area contributed by atoms with E-state index in [9.17, 15) is 5.11 Å². The first-order valence-corrected chi connectivity index (χ1v) is 6.60. The summed E-state index contributed by atoms with van der Waals surface area (Å²) < 4.78 is 0. The third-order valence-electron chi connectivity index (χ3n) is 3.30. The Hall–Kier alpha value is -0.280. The second-order valence-electron chi connectivity index (χ2n) is 4.96. The number of benzene rings is 1.